The second kappa shape index (κ2) is 2.84. The predicted octanol–water partition coefficient (Wildman–Crippen LogP) is 4.10. The molecule has 0 aliphatic rings. The molecule has 0 fully saturated rings. The van der Waals surface area contributed by atoms with Crippen LogP contribution < -0.4 is 0 Å². The fraction of sp³-hybridized carbons (Fsp3) is 0. The highest BCUT2D eigenvalue weighted by atomic mass is 79.9. The van der Waals surface area contributed by atoms with Crippen molar-refractivity contribution in [2.75, 3.05) is 0 Å². The molecular formula is C9H3Br2NO2. The van der Waals surface area contributed by atoms with Crippen molar-refractivity contribution in [2.24, 2.45) is 0 Å². The molecule has 0 aromatic carbocycles. The van der Waals surface area contributed by atoms with Crippen LogP contribution in [0.25, 0.3) is 22.1 Å². The van der Waals surface area contributed by atoms with Gasteiger partial charge in [-0.05, 0) is 31.9 Å². The maximum Gasteiger partial charge on any atom is 0.230 e. The molecule has 5 heteroatoms. The van der Waals surface area contributed by atoms with E-state index in [0.717, 1.165) is 25.3 Å². The van der Waals surface area contributed by atoms with Crippen LogP contribution >= 0.6 is 31.9 Å². The van der Waals surface area contributed by atoms with Gasteiger partial charge in [-0.2, -0.15) is 0 Å². The van der Waals surface area contributed by atoms with Crippen molar-refractivity contribution in [3.8, 4) is 0 Å². The van der Waals surface area contributed by atoms with Gasteiger partial charge >= 0.3 is 0 Å². The van der Waals surface area contributed by atoms with Gasteiger partial charge in [-0.1, -0.05) is 0 Å². The number of hydrogen-bond donors (Lipinski definition) is 0. The van der Waals surface area contributed by atoms with Crippen LogP contribution in [0.2, 0.25) is 0 Å². The van der Waals surface area contributed by atoms with E-state index >= 15 is 0 Å². The van der Waals surface area contributed by atoms with E-state index in [1.165, 1.54) is 0 Å². The van der Waals surface area contributed by atoms with Gasteiger partial charge in [0.25, 0.3) is 0 Å². The Morgan fingerprint density at radius 2 is 1.86 bits per heavy atom. The van der Waals surface area contributed by atoms with E-state index in [1.54, 1.807) is 18.7 Å². The highest BCUT2D eigenvalue weighted by Crippen LogP contribution is 2.35. The molecule has 3 nitrogen and oxygen atoms in total. The molecule has 0 spiro atoms. The van der Waals surface area contributed by atoms with Crippen LogP contribution in [0.5, 0.6) is 0 Å². The topological polar surface area (TPSA) is 39.2 Å². The molecule has 3 aromatic heterocycles. The Labute approximate surface area is 95.3 Å². The predicted molar refractivity (Wildman–Crippen MR) is 59.2 cm³/mol. The van der Waals surface area contributed by atoms with E-state index < -0.39 is 0 Å². The van der Waals surface area contributed by atoms with E-state index in [2.05, 4.69) is 36.8 Å². The summed E-state index contributed by atoms with van der Waals surface area (Å²) in [6.45, 7) is 0. The monoisotopic (exact) mass is 315 g/mol. The van der Waals surface area contributed by atoms with Gasteiger partial charge in [-0.15, -0.1) is 0 Å². The van der Waals surface area contributed by atoms with Crippen LogP contribution in [0.15, 0.2) is 36.5 Å². The average molecular weight is 317 g/mol. The third kappa shape index (κ3) is 0.994. The highest BCUT2D eigenvalue weighted by Gasteiger charge is 2.13. The lowest BCUT2D eigenvalue weighted by Gasteiger charge is -1.90. The zero-order chi connectivity index (χ0) is 9.71. The van der Waals surface area contributed by atoms with Crippen LogP contribution in [0.1, 0.15) is 0 Å². The molecule has 3 aromatic rings. The lowest BCUT2D eigenvalue weighted by Crippen LogP contribution is -1.73. The van der Waals surface area contributed by atoms with Crippen LogP contribution in [-0.2, 0) is 0 Å². The van der Waals surface area contributed by atoms with Crippen molar-refractivity contribution < 1.29 is 8.83 Å². The van der Waals surface area contributed by atoms with Crippen molar-refractivity contribution in [1.29, 1.82) is 0 Å². The first-order chi connectivity index (χ1) is 6.77. The molecule has 0 saturated carbocycles. The third-order valence-electron chi connectivity index (χ3n) is 2.05. The zero-order valence-electron chi connectivity index (χ0n) is 6.75. The number of halogens is 2. The number of furan rings is 2. The molecule has 0 atom stereocenters. The Bertz CT molecular complexity index is 626. The number of rotatable bonds is 0. The summed E-state index contributed by atoms with van der Waals surface area (Å²) in [4.78, 5) is 4.18. The van der Waals surface area contributed by atoms with E-state index in [4.69, 9.17) is 8.83 Å². The minimum atomic E-state index is 0.575. The fourth-order valence-corrected chi connectivity index (χ4v) is 2.23. The minimum Gasteiger partial charge on any atom is -0.462 e. The SMILES string of the molecule is Brc1coc2c1cnc1occ(Br)c12. The largest absolute Gasteiger partial charge is 0.462 e. The smallest absolute Gasteiger partial charge is 0.230 e. The van der Waals surface area contributed by atoms with Gasteiger partial charge in [0.05, 0.1) is 19.7 Å². The first-order valence-electron chi connectivity index (χ1n) is 3.86. The van der Waals surface area contributed by atoms with Crippen molar-refractivity contribution in [3.05, 3.63) is 27.7 Å². The van der Waals surface area contributed by atoms with E-state index in [0.29, 0.717) is 5.71 Å². The normalized spacial score (nSPS) is 11.6. The third-order valence-corrected chi connectivity index (χ3v) is 3.24. The first kappa shape index (κ1) is 8.49. The number of aromatic nitrogens is 1. The van der Waals surface area contributed by atoms with Gasteiger partial charge in [0.15, 0.2) is 5.58 Å². The Morgan fingerprint density at radius 1 is 1.07 bits per heavy atom. The van der Waals surface area contributed by atoms with E-state index in [-0.39, 0.29) is 0 Å². The quantitative estimate of drug-likeness (QED) is 0.627. The molecule has 0 aliphatic heterocycles. The van der Waals surface area contributed by atoms with Crippen LogP contribution in [0.4, 0.5) is 0 Å². The van der Waals surface area contributed by atoms with Crippen molar-refractivity contribution in [3.63, 3.8) is 0 Å². The lowest BCUT2D eigenvalue weighted by atomic mass is 10.3. The molecule has 0 amide bonds. The van der Waals surface area contributed by atoms with E-state index in [9.17, 15) is 0 Å². The summed E-state index contributed by atoms with van der Waals surface area (Å²) in [5.41, 5.74) is 1.36. The fourth-order valence-electron chi connectivity index (χ4n) is 1.41. The second-order valence-corrected chi connectivity index (χ2v) is 4.56. The van der Waals surface area contributed by atoms with Gasteiger partial charge < -0.3 is 8.83 Å². The van der Waals surface area contributed by atoms with Crippen molar-refractivity contribution in [1.82, 2.24) is 4.98 Å². The second-order valence-electron chi connectivity index (χ2n) is 2.85. The Hall–Kier alpha value is -0.810. The average Bonchev–Trinajstić information content (AvgIpc) is 2.72. The van der Waals surface area contributed by atoms with Crippen molar-refractivity contribution in [2.45, 2.75) is 0 Å². The molecule has 0 aliphatic carbocycles. The lowest BCUT2D eigenvalue weighted by molar-refractivity contribution is 0.599. The van der Waals surface area contributed by atoms with Crippen LogP contribution in [0.3, 0.4) is 0 Å². The molecule has 3 rings (SSSR count). The van der Waals surface area contributed by atoms with Gasteiger partial charge in [-0.25, -0.2) is 4.98 Å². The number of pyridine rings is 1. The van der Waals surface area contributed by atoms with E-state index in [1.807, 2.05) is 0 Å². The summed E-state index contributed by atoms with van der Waals surface area (Å²) < 4.78 is 12.4. The minimum absolute atomic E-state index is 0.575. The Kier molecular flexibility index (Phi) is 1.72. The van der Waals surface area contributed by atoms with Crippen molar-refractivity contribution >= 4 is 53.9 Å². The summed E-state index contributed by atoms with van der Waals surface area (Å²) >= 11 is 6.77. The standard InChI is InChI=1S/C9H3Br2NO2/c10-5-2-13-8-4(5)1-12-9-7(8)6(11)3-14-9/h1-3H. The Morgan fingerprint density at radius 3 is 2.71 bits per heavy atom. The molecule has 70 valence electrons. The number of fused-ring (bicyclic) bond motifs is 3. The zero-order valence-corrected chi connectivity index (χ0v) is 9.92. The molecule has 0 N–H and O–H groups in total. The summed E-state index contributed by atoms with van der Waals surface area (Å²) in [7, 11) is 0. The van der Waals surface area contributed by atoms with Gasteiger partial charge in [0.2, 0.25) is 5.71 Å². The van der Waals surface area contributed by atoms with Crippen LogP contribution in [0, 0.1) is 0 Å². The molecule has 0 bridgehead atoms. The van der Waals surface area contributed by atoms with Gasteiger partial charge in [-0.3, -0.25) is 0 Å². The van der Waals surface area contributed by atoms with Crippen LogP contribution in [-0.4, -0.2) is 4.98 Å². The Balaban J connectivity index is 2.66. The molecule has 0 saturated heterocycles. The molecule has 3 heterocycles. The summed E-state index contributed by atoms with van der Waals surface area (Å²) in [5, 5.41) is 1.81. The first-order valence-corrected chi connectivity index (χ1v) is 5.44. The molecular weight excluding hydrogens is 314 g/mol. The summed E-state index contributed by atoms with van der Waals surface area (Å²) in [5.74, 6) is 0. The van der Waals surface area contributed by atoms with Gasteiger partial charge in [0, 0.05) is 6.20 Å². The van der Waals surface area contributed by atoms with Gasteiger partial charge in [0.1, 0.15) is 12.5 Å². The molecule has 0 radical (unpaired) electrons. The highest BCUT2D eigenvalue weighted by molar-refractivity contribution is 9.11. The number of nitrogens with zero attached hydrogens (tertiary/aromatic N) is 1. The molecule has 0 unspecified atom stereocenters. The summed E-state index contributed by atoms with van der Waals surface area (Å²) in [6, 6.07) is 0. The molecule has 14 heavy (non-hydrogen) atoms. The maximum atomic E-state index is 5.42. The maximum absolute atomic E-state index is 5.42. The summed E-state index contributed by atoms with van der Waals surface area (Å²) in [6.07, 6.45) is 4.97. The number of hydrogen-bond acceptors (Lipinski definition) is 3.